The molecule has 0 aliphatic carbocycles. The normalized spacial score (nSPS) is 9.25. The highest BCUT2D eigenvalue weighted by molar-refractivity contribution is 9.09. The van der Waals surface area contributed by atoms with E-state index in [1.807, 2.05) is 0 Å². The van der Waals surface area contributed by atoms with E-state index in [0.29, 0.717) is 0 Å². The molecule has 0 rings (SSSR count). The van der Waals surface area contributed by atoms with Crippen molar-refractivity contribution in [3.05, 3.63) is 12.2 Å². The first-order valence-corrected chi connectivity index (χ1v) is 3.75. The van der Waals surface area contributed by atoms with Gasteiger partial charge in [-0.15, -0.1) is 0 Å². The highest BCUT2D eigenvalue weighted by atomic mass is 79.9. The van der Waals surface area contributed by atoms with Gasteiger partial charge >= 0.3 is 23.1 Å². The summed E-state index contributed by atoms with van der Waals surface area (Å²) >= 11 is 3.29. The van der Waals surface area contributed by atoms with E-state index in [2.05, 4.69) is 35.0 Å². The summed E-state index contributed by atoms with van der Waals surface area (Å²) in [4.78, 5) is 0. The summed E-state index contributed by atoms with van der Waals surface area (Å²) in [6, 6.07) is 0. The van der Waals surface area contributed by atoms with Gasteiger partial charge in [0.15, 0.2) is 0 Å². The van der Waals surface area contributed by atoms with Crippen molar-refractivity contribution in [3.8, 4) is 0 Å². The van der Waals surface area contributed by atoms with Crippen LogP contribution in [0.5, 0.6) is 0 Å². The highest BCUT2D eigenvalue weighted by Crippen LogP contribution is 1.89. The monoisotopic (exact) mass is 188 g/mol. The van der Waals surface area contributed by atoms with Gasteiger partial charge in [-0.25, -0.2) is 0 Å². The van der Waals surface area contributed by atoms with Crippen LogP contribution >= 0.6 is 15.9 Å². The number of unbranched alkanes of at least 4 members (excludes halogenated alkanes) is 1. The SMILES string of the molecule is CCC/C=C/CBr.[MgH2]. The van der Waals surface area contributed by atoms with E-state index in [4.69, 9.17) is 0 Å². The first kappa shape index (κ1) is 11.7. The first-order chi connectivity index (χ1) is 3.41. The fraction of sp³-hybridized carbons (Fsp3) is 0.667. The van der Waals surface area contributed by atoms with Gasteiger partial charge in [-0.05, 0) is 6.42 Å². The summed E-state index contributed by atoms with van der Waals surface area (Å²) in [6.07, 6.45) is 6.79. The van der Waals surface area contributed by atoms with E-state index in [9.17, 15) is 0 Å². The third-order valence-electron chi connectivity index (χ3n) is 0.711. The van der Waals surface area contributed by atoms with Crippen molar-refractivity contribution in [2.75, 3.05) is 5.33 Å². The maximum Gasteiger partial charge on any atom is 0.316 e. The Morgan fingerprint density at radius 1 is 1.38 bits per heavy atom. The molecule has 46 valence electrons. The van der Waals surface area contributed by atoms with Crippen LogP contribution in [0.2, 0.25) is 0 Å². The molecule has 0 atom stereocenters. The van der Waals surface area contributed by atoms with Gasteiger partial charge in [0.25, 0.3) is 0 Å². The van der Waals surface area contributed by atoms with Crippen molar-refractivity contribution >= 4 is 39.0 Å². The number of rotatable bonds is 3. The molecule has 8 heavy (non-hydrogen) atoms. The lowest BCUT2D eigenvalue weighted by Gasteiger charge is -1.78. The van der Waals surface area contributed by atoms with Crippen LogP contribution in [0.4, 0.5) is 0 Å². The Kier molecular flexibility index (Phi) is 16.0. The average molecular weight is 189 g/mol. The fourth-order valence-electron chi connectivity index (χ4n) is 0.348. The highest BCUT2D eigenvalue weighted by Gasteiger charge is 1.68. The van der Waals surface area contributed by atoms with Crippen molar-refractivity contribution < 1.29 is 0 Å². The van der Waals surface area contributed by atoms with Gasteiger partial charge in [0.05, 0.1) is 0 Å². The summed E-state index contributed by atoms with van der Waals surface area (Å²) in [5.41, 5.74) is 0. The lowest BCUT2D eigenvalue weighted by molar-refractivity contribution is 0.957. The largest absolute Gasteiger partial charge is 0.316 e. The maximum absolute atomic E-state index is 3.29. The summed E-state index contributed by atoms with van der Waals surface area (Å²) in [6.45, 7) is 2.18. The standard InChI is InChI=1S/C6H11Br.Mg.2H/c1-2-3-4-5-6-7;;;/h4-5H,2-3,6H2,1H3;;;/b5-4+;;;. The second kappa shape index (κ2) is 10.9. The summed E-state index contributed by atoms with van der Waals surface area (Å²) in [5, 5.41) is 0.993. The molecule has 0 saturated carbocycles. The minimum Gasteiger partial charge on any atom is -0.0883 e. The molecule has 0 radical (unpaired) electrons. The third kappa shape index (κ3) is 10.1. The van der Waals surface area contributed by atoms with Crippen molar-refractivity contribution in [1.29, 1.82) is 0 Å². The molecule has 0 aromatic heterocycles. The van der Waals surface area contributed by atoms with Gasteiger partial charge in [0.1, 0.15) is 0 Å². The van der Waals surface area contributed by atoms with E-state index in [1.54, 1.807) is 0 Å². The molecule has 0 bridgehead atoms. The molecule has 0 aliphatic rings. The molecule has 0 saturated heterocycles. The number of hydrogen-bond donors (Lipinski definition) is 0. The van der Waals surface area contributed by atoms with Crippen LogP contribution in [-0.2, 0) is 0 Å². The van der Waals surface area contributed by atoms with E-state index in [-0.39, 0.29) is 23.1 Å². The summed E-state index contributed by atoms with van der Waals surface area (Å²) in [5.74, 6) is 0. The lowest BCUT2D eigenvalue weighted by atomic mass is 10.3. The molecule has 0 nitrogen and oxygen atoms in total. The first-order valence-electron chi connectivity index (χ1n) is 2.62. The van der Waals surface area contributed by atoms with Gasteiger partial charge in [0.2, 0.25) is 0 Å². The van der Waals surface area contributed by atoms with E-state index in [0.717, 1.165) is 5.33 Å². The zero-order valence-electron chi connectivity index (χ0n) is 4.65. The van der Waals surface area contributed by atoms with Gasteiger partial charge in [-0.1, -0.05) is 41.4 Å². The van der Waals surface area contributed by atoms with Crippen molar-refractivity contribution in [3.63, 3.8) is 0 Å². The molecule has 0 spiro atoms. The molecule has 0 N–H and O–H groups in total. The number of hydrogen-bond acceptors (Lipinski definition) is 0. The molecule has 0 aromatic carbocycles. The Hall–Kier alpha value is 0.986. The van der Waals surface area contributed by atoms with E-state index in [1.165, 1.54) is 12.8 Å². The maximum atomic E-state index is 3.29. The Bertz CT molecular complexity index is 52.5. The molecule has 2 heteroatoms. The van der Waals surface area contributed by atoms with Crippen LogP contribution in [0, 0.1) is 0 Å². The van der Waals surface area contributed by atoms with Crippen LogP contribution in [0.3, 0.4) is 0 Å². The topological polar surface area (TPSA) is 0 Å². The van der Waals surface area contributed by atoms with Crippen LogP contribution in [-0.4, -0.2) is 28.4 Å². The Labute approximate surface area is 76.0 Å². The lowest BCUT2D eigenvalue weighted by Crippen LogP contribution is -1.61. The number of allylic oxidation sites excluding steroid dienone is 2. The molecule has 0 fully saturated rings. The predicted octanol–water partition coefficient (Wildman–Crippen LogP) is 1.82. The molecule has 0 amide bonds. The zero-order valence-corrected chi connectivity index (χ0v) is 6.24. The predicted molar refractivity (Wildman–Crippen MR) is 46.4 cm³/mol. The Morgan fingerprint density at radius 3 is 2.38 bits per heavy atom. The van der Waals surface area contributed by atoms with Crippen LogP contribution in [0.25, 0.3) is 0 Å². The molecule has 0 heterocycles. The minimum absolute atomic E-state index is 0. The van der Waals surface area contributed by atoms with Gasteiger partial charge in [-0.3, -0.25) is 0 Å². The molecule has 0 unspecified atom stereocenters. The van der Waals surface area contributed by atoms with Crippen molar-refractivity contribution in [2.45, 2.75) is 19.8 Å². The van der Waals surface area contributed by atoms with Crippen molar-refractivity contribution in [2.24, 2.45) is 0 Å². The minimum atomic E-state index is 0. The van der Waals surface area contributed by atoms with Crippen LogP contribution < -0.4 is 0 Å². The Morgan fingerprint density at radius 2 is 2.00 bits per heavy atom. The zero-order chi connectivity index (χ0) is 5.54. The number of alkyl halides is 1. The van der Waals surface area contributed by atoms with Crippen LogP contribution in [0.15, 0.2) is 12.2 Å². The molecule has 0 aromatic rings. The molecule has 0 aliphatic heterocycles. The summed E-state index contributed by atoms with van der Waals surface area (Å²) in [7, 11) is 0. The van der Waals surface area contributed by atoms with Gasteiger partial charge < -0.3 is 0 Å². The summed E-state index contributed by atoms with van der Waals surface area (Å²) < 4.78 is 0. The molecular weight excluding hydrogens is 176 g/mol. The Balaban J connectivity index is 0. The second-order valence-electron chi connectivity index (χ2n) is 1.41. The second-order valence-corrected chi connectivity index (χ2v) is 2.06. The van der Waals surface area contributed by atoms with E-state index >= 15 is 0 Å². The van der Waals surface area contributed by atoms with Gasteiger partial charge in [-0.2, -0.15) is 0 Å². The van der Waals surface area contributed by atoms with E-state index < -0.39 is 0 Å². The third-order valence-corrected chi connectivity index (χ3v) is 1.08. The van der Waals surface area contributed by atoms with Crippen LogP contribution in [0.1, 0.15) is 19.8 Å². The average Bonchev–Trinajstić information content (AvgIpc) is 1.69. The molecular formula is C6H13BrMg. The van der Waals surface area contributed by atoms with Crippen molar-refractivity contribution in [1.82, 2.24) is 0 Å². The fourth-order valence-corrected chi connectivity index (χ4v) is 0.612. The smallest absolute Gasteiger partial charge is 0.0883 e. The quantitative estimate of drug-likeness (QED) is 0.361. The number of halogens is 1. The van der Waals surface area contributed by atoms with Gasteiger partial charge in [0, 0.05) is 5.33 Å².